The molecule has 1 aromatic heterocycles. The molecule has 0 saturated heterocycles. The second-order valence-electron chi connectivity index (χ2n) is 4.09. The topological polar surface area (TPSA) is 60.2 Å². The van der Waals surface area contributed by atoms with Crippen molar-refractivity contribution in [1.82, 2.24) is 10.4 Å². The minimum atomic E-state index is -0.301. The third kappa shape index (κ3) is 3.27. The molecule has 1 unspecified atom stereocenters. The monoisotopic (exact) mass is 209 g/mol. The van der Waals surface area contributed by atoms with Gasteiger partial charge in [-0.25, -0.2) is 0 Å². The number of nitrogens with one attached hydrogen (secondary N) is 1. The average molecular weight is 209 g/mol. The van der Waals surface area contributed by atoms with Crippen molar-refractivity contribution in [3.8, 4) is 0 Å². The minimum Gasteiger partial charge on any atom is -0.377 e. The summed E-state index contributed by atoms with van der Waals surface area (Å²) in [6.07, 6.45) is 4.40. The van der Waals surface area contributed by atoms with Crippen molar-refractivity contribution in [1.29, 1.82) is 0 Å². The zero-order valence-corrected chi connectivity index (χ0v) is 9.53. The van der Waals surface area contributed by atoms with E-state index in [0.717, 1.165) is 12.0 Å². The van der Waals surface area contributed by atoms with Crippen LogP contribution in [0, 0.1) is 0 Å². The van der Waals surface area contributed by atoms with E-state index in [1.54, 1.807) is 13.3 Å². The van der Waals surface area contributed by atoms with Crippen molar-refractivity contribution >= 4 is 0 Å². The summed E-state index contributed by atoms with van der Waals surface area (Å²) in [5.74, 6) is 5.53. The Labute approximate surface area is 90.8 Å². The molecule has 0 amide bonds. The van der Waals surface area contributed by atoms with E-state index in [1.807, 2.05) is 32.2 Å². The molecule has 4 heteroatoms. The molecule has 0 fully saturated rings. The molecule has 84 valence electrons. The first-order valence-corrected chi connectivity index (χ1v) is 5.00. The second-order valence-corrected chi connectivity index (χ2v) is 4.09. The summed E-state index contributed by atoms with van der Waals surface area (Å²) in [6.45, 7) is 4.02. The maximum Gasteiger partial charge on any atom is 0.0791 e. The fourth-order valence-corrected chi connectivity index (χ4v) is 1.40. The van der Waals surface area contributed by atoms with E-state index in [4.69, 9.17) is 10.6 Å². The number of nitrogens with two attached hydrogens (primary N) is 1. The number of hydrogen-bond acceptors (Lipinski definition) is 4. The van der Waals surface area contributed by atoms with Gasteiger partial charge in [0.2, 0.25) is 0 Å². The smallest absolute Gasteiger partial charge is 0.0791 e. The highest BCUT2D eigenvalue weighted by Gasteiger charge is 2.28. The largest absolute Gasteiger partial charge is 0.377 e. The molecule has 1 atom stereocenters. The first kappa shape index (κ1) is 12.1. The Morgan fingerprint density at radius 1 is 1.60 bits per heavy atom. The van der Waals surface area contributed by atoms with E-state index in [9.17, 15) is 0 Å². The van der Waals surface area contributed by atoms with E-state index < -0.39 is 0 Å². The van der Waals surface area contributed by atoms with E-state index in [1.165, 1.54) is 0 Å². The molecule has 0 saturated carbocycles. The molecular formula is C11H19N3O. The van der Waals surface area contributed by atoms with Crippen LogP contribution < -0.4 is 11.3 Å². The Hall–Kier alpha value is -0.970. The fraction of sp³-hybridized carbons (Fsp3) is 0.545. The zero-order valence-electron chi connectivity index (χ0n) is 9.53. The number of aromatic nitrogens is 1. The van der Waals surface area contributed by atoms with Crippen molar-refractivity contribution in [2.75, 3.05) is 7.11 Å². The van der Waals surface area contributed by atoms with Gasteiger partial charge in [0, 0.05) is 19.5 Å². The van der Waals surface area contributed by atoms with Crippen molar-refractivity contribution < 1.29 is 4.74 Å². The van der Waals surface area contributed by atoms with Crippen molar-refractivity contribution in [3.05, 3.63) is 30.1 Å². The fourth-order valence-electron chi connectivity index (χ4n) is 1.40. The highest BCUT2D eigenvalue weighted by molar-refractivity contribution is 5.11. The van der Waals surface area contributed by atoms with Crippen LogP contribution in [-0.2, 0) is 11.2 Å². The number of ether oxygens (including phenoxy) is 1. The number of hydrogen-bond donors (Lipinski definition) is 2. The Morgan fingerprint density at radius 3 is 2.80 bits per heavy atom. The van der Waals surface area contributed by atoms with Crippen LogP contribution in [0.3, 0.4) is 0 Å². The third-order valence-corrected chi connectivity index (χ3v) is 2.73. The summed E-state index contributed by atoms with van der Waals surface area (Å²) in [5, 5.41) is 0. The van der Waals surface area contributed by atoms with Crippen LogP contribution in [-0.4, -0.2) is 23.7 Å². The molecule has 0 bridgehead atoms. The van der Waals surface area contributed by atoms with Crippen LogP contribution >= 0.6 is 0 Å². The van der Waals surface area contributed by atoms with Crippen molar-refractivity contribution in [2.45, 2.75) is 31.9 Å². The maximum absolute atomic E-state index is 5.53. The molecule has 0 aliphatic rings. The van der Waals surface area contributed by atoms with E-state index in [2.05, 4.69) is 10.4 Å². The quantitative estimate of drug-likeness (QED) is 0.558. The number of rotatable bonds is 5. The standard InChI is InChI=1S/C11H19N3O/c1-11(2,15-3)10(14-12)7-9-5-4-6-13-8-9/h4-6,8,10,14H,7,12H2,1-3H3. The van der Waals surface area contributed by atoms with Crippen LogP contribution in [0.4, 0.5) is 0 Å². The van der Waals surface area contributed by atoms with Gasteiger partial charge in [0.1, 0.15) is 0 Å². The van der Waals surface area contributed by atoms with Gasteiger partial charge in [0.15, 0.2) is 0 Å². The highest BCUT2D eigenvalue weighted by atomic mass is 16.5. The zero-order chi connectivity index (χ0) is 11.3. The Balaban J connectivity index is 2.70. The average Bonchev–Trinajstić information content (AvgIpc) is 2.27. The van der Waals surface area contributed by atoms with E-state index in [-0.39, 0.29) is 11.6 Å². The molecular weight excluding hydrogens is 190 g/mol. The summed E-state index contributed by atoms with van der Waals surface area (Å²) in [4.78, 5) is 4.07. The predicted octanol–water partition coefficient (Wildman–Crippen LogP) is 0.881. The number of nitrogens with zero attached hydrogens (tertiary/aromatic N) is 1. The van der Waals surface area contributed by atoms with Gasteiger partial charge in [-0.2, -0.15) is 0 Å². The van der Waals surface area contributed by atoms with Crippen molar-refractivity contribution in [2.24, 2.45) is 5.84 Å². The highest BCUT2D eigenvalue weighted by Crippen LogP contribution is 2.16. The molecule has 1 aromatic rings. The second kappa shape index (κ2) is 5.21. The SMILES string of the molecule is COC(C)(C)C(Cc1cccnc1)NN. The van der Waals surface area contributed by atoms with Crippen LogP contribution in [0.2, 0.25) is 0 Å². The van der Waals surface area contributed by atoms with Crippen LogP contribution in [0.15, 0.2) is 24.5 Å². The summed E-state index contributed by atoms with van der Waals surface area (Å²) in [7, 11) is 1.69. The van der Waals surface area contributed by atoms with Crippen molar-refractivity contribution in [3.63, 3.8) is 0 Å². The lowest BCUT2D eigenvalue weighted by Gasteiger charge is -2.32. The van der Waals surface area contributed by atoms with Crippen LogP contribution in [0.25, 0.3) is 0 Å². The molecule has 0 spiro atoms. The summed E-state index contributed by atoms with van der Waals surface area (Å²) < 4.78 is 5.40. The molecule has 0 aliphatic heterocycles. The Kier molecular flexibility index (Phi) is 4.20. The molecule has 15 heavy (non-hydrogen) atoms. The van der Waals surface area contributed by atoms with Crippen LogP contribution in [0.5, 0.6) is 0 Å². The Bertz CT molecular complexity index is 287. The van der Waals surface area contributed by atoms with Crippen LogP contribution in [0.1, 0.15) is 19.4 Å². The van der Waals surface area contributed by atoms with Gasteiger partial charge in [-0.15, -0.1) is 0 Å². The first-order valence-electron chi connectivity index (χ1n) is 5.00. The third-order valence-electron chi connectivity index (χ3n) is 2.73. The summed E-state index contributed by atoms with van der Waals surface area (Å²) in [6, 6.07) is 4.01. The number of pyridine rings is 1. The molecule has 0 aromatic carbocycles. The molecule has 4 nitrogen and oxygen atoms in total. The van der Waals surface area contributed by atoms with E-state index in [0.29, 0.717) is 0 Å². The van der Waals surface area contributed by atoms with Gasteiger partial charge >= 0.3 is 0 Å². The van der Waals surface area contributed by atoms with Gasteiger partial charge in [0.25, 0.3) is 0 Å². The lowest BCUT2D eigenvalue weighted by atomic mass is 9.93. The first-order chi connectivity index (χ1) is 7.10. The minimum absolute atomic E-state index is 0.0618. The lowest BCUT2D eigenvalue weighted by Crippen LogP contribution is -2.52. The number of hydrazine groups is 1. The lowest BCUT2D eigenvalue weighted by molar-refractivity contribution is -0.0101. The molecule has 1 heterocycles. The predicted molar refractivity (Wildman–Crippen MR) is 60.1 cm³/mol. The maximum atomic E-state index is 5.53. The van der Waals surface area contributed by atoms with Gasteiger partial charge in [0.05, 0.1) is 11.6 Å². The molecule has 1 rings (SSSR count). The number of methoxy groups -OCH3 is 1. The van der Waals surface area contributed by atoms with Gasteiger partial charge in [-0.05, 0) is 31.9 Å². The molecule has 3 N–H and O–H groups in total. The summed E-state index contributed by atoms with van der Waals surface area (Å²) >= 11 is 0. The Morgan fingerprint density at radius 2 is 2.33 bits per heavy atom. The van der Waals surface area contributed by atoms with Gasteiger partial charge in [-0.3, -0.25) is 16.3 Å². The van der Waals surface area contributed by atoms with E-state index >= 15 is 0 Å². The molecule has 0 aliphatic carbocycles. The molecule has 0 radical (unpaired) electrons. The summed E-state index contributed by atoms with van der Waals surface area (Å²) in [5.41, 5.74) is 3.63. The van der Waals surface area contributed by atoms with Gasteiger partial charge in [-0.1, -0.05) is 6.07 Å². The normalized spacial score (nSPS) is 13.9. The van der Waals surface area contributed by atoms with Gasteiger partial charge < -0.3 is 4.74 Å².